The van der Waals surface area contributed by atoms with Crippen LogP contribution in [0.3, 0.4) is 0 Å². The summed E-state index contributed by atoms with van der Waals surface area (Å²) < 4.78 is 6.22. The van der Waals surface area contributed by atoms with Gasteiger partial charge >= 0.3 is 5.97 Å². The summed E-state index contributed by atoms with van der Waals surface area (Å²) in [5.74, 6) is 2.87. The highest BCUT2D eigenvalue weighted by molar-refractivity contribution is 5.87. The number of ether oxygens (including phenoxy) is 1. The molecule has 0 aromatic heterocycles. The van der Waals surface area contributed by atoms with E-state index in [4.69, 9.17) is 4.74 Å². The predicted molar refractivity (Wildman–Crippen MR) is 173 cm³/mol. The zero-order valence-electron chi connectivity index (χ0n) is 28.2. The number of phenolic OH excluding ortho intramolecular Hbond substituents is 1. The molecule has 1 aromatic carbocycles. The monoisotopic (exact) mass is 590 g/mol. The third-order valence-corrected chi connectivity index (χ3v) is 15.3. The van der Waals surface area contributed by atoms with E-state index < -0.39 is 5.60 Å². The first kappa shape index (κ1) is 31.2. The fourth-order valence-corrected chi connectivity index (χ4v) is 12.8. The third kappa shape index (κ3) is 4.66. The van der Waals surface area contributed by atoms with Crippen molar-refractivity contribution < 1.29 is 19.7 Å². The molecule has 238 valence electrons. The normalized spacial score (nSPS) is 45.5. The summed E-state index contributed by atoms with van der Waals surface area (Å²) in [6, 6.07) is 6.86. The molecule has 10 atom stereocenters. The Balaban J connectivity index is 1.23. The lowest BCUT2D eigenvalue weighted by Crippen LogP contribution is -2.67. The van der Waals surface area contributed by atoms with Crippen LogP contribution in [0.1, 0.15) is 125 Å². The highest BCUT2D eigenvalue weighted by Crippen LogP contribution is 2.77. The Morgan fingerprint density at radius 1 is 0.837 bits per heavy atom. The van der Waals surface area contributed by atoms with E-state index >= 15 is 0 Å². The molecule has 43 heavy (non-hydrogen) atoms. The fraction of sp³-hybridized carbons (Fsp3) is 0.769. The molecule has 5 aliphatic rings. The summed E-state index contributed by atoms with van der Waals surface area (Å²) in [6.07, 6.45) is 15.4. The van der Waals surface area contributed by atoms with Crippen molar-refractivity contribution in [3.63, 3.8) is 0 Å². The number of esters is 1. The number of hydrogen-bond donors (Lipinski definition) is 2. The second-order valence-corrected chi connectivity index (χ2v) is 17.9. The largest absolute Gasteiger partial charge is 0.508 e. The number of rotatable bonds is 4. The molecular weight excluding hydrogens is 532 g/mol. The van der Waals surface area contributed by atoms with Crippen molar-refractivity contribution in [1.29, 1.82) is 0 Å². The van der Waals surface area contributed by atoms with Crippen LogP contribution in [0.25, 0.3) is 6.08 Å². The molecule has 0 unspecified atom stereocenters. The van der Waals surface area contributed by atoms with E-state index in [9.17, 15) is 15.0 Å². The standard InChI is InChI=1S/C39H58O4/c1-34(2)29-18-22-39(8)30(15-14-28-33-27(35(3,4)42)17-20-36(33,5)23-24-38(28,39)7)37(29,6)21-19-31(34)43-32(41)16-11-25-9-12-26(40)13-10-25/h9-13,16,27-31,33,40,42H,14-15,17-24H2,1-8H3/t27-,28-,29+,30-,31+,33-,36-,37+,38-,39-/m1/s1. The molecule has 5 saturated carbocycles. The minimum Gasteiger partial charge on any atom is -0.508 e. The van der Waals surface area contributed by atoms with Crippen LogP contribution in [0.4, 0.5) is 0 Å². The lowest BCUT2D eigenvalue weighted by molar-refractivity contribution is -0.252. The molecule has 5 aliphatic carbocycles. The molecular formula is C39H58O4. The molecule has 0 amide bonds. The summed E-state index contributed by atoms with van der Waals surface area (Å²) in [5.41, 5.74) is 1.38. The summed E-state index contributed by atoms with van der Waals surface area (Å²) in [5, 5.41) is 20.9. The number of phenols is 1. The Morgan fingerprint density at radius 3 is 2.21 bits per heavy atom. The van der Waals surface area contributed by atoms with E-state index in [1.807, 2.05) is 0 Å². The lowest BCUT2D eigenvalue weighted by atomic mass is 9.32. The molecule has 0 radical (unpaired) electrons. The number of hydrogen-bond acceptors (Lipinski definition) is 4. The quantitative estimate of drug-likeness (QED) is 0.271. The third-order valence-electron chi connectivity index (χ3n) is 15.3. The fourth-order valence-electron chi connectivity index (χ4n) is 12.8. The molecule has 0 aliphatic heterocycles. The topological polar surface area (TPSA) is 66.8 Å². The molecule has 6 rings (SSSR count). The van der Waals surface area contributed by atoms with Crippen molar-refractivity contribution in [3.05, 3.63) is 35.9 Å². The Labute approximate surface area is 261 Å². The van der Waals surface area contributed by atoms with E-state index in [2.05, 4.69) is 55.4 Å². The van der Waals surface area contributed by atoms with Crippen molar-refractivity contribution in [2.45, 2.75) is 131 Å². The van der Waals surface area contributed by atoms with Crippen molar-refractivity contribution in [2.24, 2.45) is 56.7 Å². The van der Waals surface area contributed by atoms with Gasteiger partial charge in [-0.2, -0.15) is 0 Å². The van der Waals surface area contributed by atoms with Gasteiger partial charge in [-0.1, -0.05) is 53.7 Å². The molecule has 0 spiro atoms. The van der Waals surface area contributed by atoms with Crippen molar-refractivity contribution in [2.75, 3.05) is 0 Å². The van der Waals surface area contributed by atoms with Gasteiger partial charge in [0.15, 0.2) is 0 Å². The summed E-state index contributed by atoms with van der Waals surface area (Å²) >= 11 is 0. The van der Waals surface area contributed by atoms with Crippen LogP contribution in [-0.4, -0.2) is 27.9 Å². The van der Waals surface area contributed by atoms with Crippen LogP contribution in [0, 0.1) is 56.7 Å². The number of benzene rings is 1. The van der Waals surface area contributed by atoms with Gasteiger partial charge in [0.05, 0.1) is 5.60 Å². The molecule has 1 aromatic rings. The number of aromatic hydroxyl groups is 1. The van der Waals surface area contributed by atoms with Crippen molar-refractivity contribution in [3.8, 4) is 5.75 Å². The van der Waals surface area contributed by atoms with Gasteiger partial charge in [-0.05, 0) is 153 Å². The minimum atomic E-state index is -0.610. The van der Waals surface area contributed by atoms with E-state index in [1.165, 1.54) is 57.4 Å². The smallest absolute Gasteiger partial charge is 0.331 e. The second kappa shape index (κ2) is 10.1. The number of carbonyl (C=O) groups is 1. The highest BCUT2D eigenvalue weighted by atomic mass is 16.5. The summed E-state index contributed by atoms with van der Waals surface area (Å²) in [6.45, 7) is 19.4. The second-order valence-electron chi connectivity index (χ2n) is 17.9. The van der Waals surface area contributed by atoms with Gasteiger partial charge in [0.2, 0.25) is 0 Å². The zero-order valence-corrected chi connectivity index (χ0v) is 28.2. The van der Waals surface area contributed by atoms with E-state index in [-0.39, 0.29) is 28.7 Å². The highest BCUT2D eigenvalue weighted by Gasteiger charge is 2.71. The van der Waals surface area contributed by atoms with Crippen molar-refractivity contribution >= 4 is 12.0 Å². The van der Waals surface area contributed by atoms with E-state index in [1.54, 1.807) is 30.3 Å². The Hall–Kier alpha value is -1.81. The SMILES string of the molecule is CC(C)(O)[C@@H]1CC[C@]2(C)CC[C@]3(C)[C@H](CC[C@@H]4[C@@]5(C)CC[C@H](OC(=O)C=Cc6ccc(O)cc6)C(C)(C)[C@@H]5CC[C@]43C)[C@@H]12. The number of aliphatic hydroxyl groups is 1. The number of fused-ring (bicyclic) bond motifs is 7. The summed E-state index contributed by atoms with van der Waals surface area (Å²) in [4.78, 5) is 13.0. The van der Waals surface area contributed by atoms with E-state index in [0.717, 1.165) is 18.4 Å². The number of carbonyl (C=O) groups excluding carboxylic acids is 1. The van der Waals surface area contributed by atoms with Gasteiger partial charge in [-0.25, -0.2) is 4.79 Å². The van der Waals surface area contributed by atoms with Gasteiger partial charge in [-0.3, -0.25) is 0 Å². The Kier molecular flexibility index (Phi) is 7.32. The lowest BCUT2D eigenvalue weighted by Gasteiger charge is -2.73. The maximum Gasteiger partial charge on any atom is 0.331 e. The minimum absolute atomic E-state index is 0.0831. The van der Waals surface area contributed by atoms with Crippen LogP contribution < -0.4 is 0 Å². The summed E-state index contributed by atoms with van der Waals surface area (Å²) in [7, 11) is 0. The molecule has 4 nitrogen and oxygen atoms in total. The van der Waals surface area contributed by atoms with Gasteiger partial charge in [-0.15, -0.1) is 0 Å². The van der Waals surface area contributed by atoms with Crippen molar-refractivity contribution in [1.82, 2.24) is 0 Å². The maximum absolute atomic E-state index is 13.0. The first-order chi connectivity index (χ1) is 20.0. The van der Waals surface area contributed by atoms with Crippen LogP contribution in [-0.2, 0) is 9.53 Å². The van der Waals surface area contributed by atoms with Crippen LogP contribution >= 0.6 is 0 Å². The average molecular weight is 591 g/mol. The van der Waals surface area contributed by atoms with Gasteiger partial charge < -0.3 is 14.9 Å². The Morgan fingerprint density at radius 2 is 1.53 bits per heavy atom. The van der Waals surface area contributed by atoms with Gasteiger partial charge in [0.1, 0.15) is 11.9 Å². The van der Waals surface area contributed by atoms with Gasteiger partial charge in [0.25, 0.3) is 0 Å². The molecule has 5 fully saturated rings. The maximum atomic E-state index is 13.0. The van der Waals surface area contributed by atoms with E-state index in [0.29, 0.717) is 45.8 Å². The molecule has 2 N–H and O–H groups in total. The van der Waals surface area contributed by atoms with Gasteiger partial charge in [0, 0.05) is 11.5 Å². The van der Waals surface area contributed by atoms with Crippen LogP contribution in [0.15, 0.2) is 30.3 Å². The molecule has 0 bridgehead atoms. The molecule has 0 heterocycles. The van der Waals surface area contributed by atoms with Crippen LogP contribution in [0.5, 0.6) is 5.75 Å². The average Bonchev–Trinajstić information content (AvgIpc) is 3.29. The molecule has 4 heteroatoms. The first-order valence-electron chi connectivity index (χ1n) is 17.4. The zero-order chi connectivity index (χ0) is 31.2. The van der Waals surface area contributed by atoms with Crippen LogP contribution in [0.2, 0.25) is 0 Å². The Bertz CT molecular complexity index is 1260. The predicted octanol–water partition coefficient (Wildman–Crippen LogP) is 9.19. The first-order valence-corrected chi connectivity index (χ1v) is 17.4. The molecule has 0 saturated heterocycles.